The number of para-hydroxylation sites is 1. The lowest BCUT2D eigenvalue weighted by molar-refractivity contribution is -0.116. The summed E-state index contributed by atoms with van der Waals surface area (Å²) in [7, 11) is 1.98. The van der Waals surface area contributed by atoms with Crippen LogP contribution in [0.1, 0.15) is 17.5 Å². The SMILES string of the molecule is CN(CCC(=O)Nc1ccccc1CN)Cc1ccoc1. The Hall–Kier alpha value is -2.11. The third kappa shape index (κ3) is 4.73. The molecular weight excluding hydrogens is 266 g/mol. The molecule has 2 rings (SSSR count). The molecule has 1 aromatic heterocycles. The highest BCUT2D eigenvalue weighted by Gasteiger charge is 2.08. The second kappa shape index (κ2) is 7.61. The summed E-state index contributed by atoms with van der Waals surface area (Å²) in [4.78, 5) is 14.1. The average molecular weight is 287 g/mol. The molecule has 3 N–H and O–H groups in total. The van der Waals surface area contributed by atoms with Crippen molar-refractivity contribution in [2.24, 2.45) is 5.73 Å². The van der Waals surface area contributed by atoms with Crippen molar-refractivity contribution >= 4 is 11.6 Å². The van der Waals surface area contributed by atoms with E-state index in [1.807, 2.05) is 37.4 Å². The monoisotopic (exact) mass is 287 g/mol. The van der Waals surface area contributed by atoms with Crippen molar-refractivity contribution in [3.8, 4) is 0 Å². The summed E-state index contributed by atoms with van der Waals surface area (Å²) in [6, 6.07) is 9.51. The first kappa shape index (κ1) is 15.3. The molecule has 0 saturated carbocycles. The van der Waals surface area contributed by atoms with E-state index in [9.17, 15) is 4.79 Å². The van der Waals surface area contributed by atoms with Gasteiger partial charge in [0.2, 0.25) is 5.91 Å². The van der Waals surface area contributed by atoms with E-state index in [1.54, 1.807) is 12.5 Å². The molecule has 112 valence electrons. The van der Waals surface area contributed by atoms with Crippen LogP contribution in [0, 0.1) is 0 Å². The number of nitrogens with two attached hydrogens (primary N) is 1. The van der Waals surface area contributed by atoms with Crippen LogP contribution in [-0.4, -0.2) is 24.4 Å². The first-order valence-corrected chi connectivity index (χ1v) is 6.96. The number of carbonyl (C=O) groups is 1. The molecule has 1 amide bonds. The van der Waals surface area contributed by atoms with Crippen LogP contribution in [0.3, 0.4) is 0 Å². The van der Waals surface area contributed by atoms with E-state index in [4.69, 9.17) is 10.2 Å². The molecule has 0 radical (unpaired) electrons. The molecule has 2 aromatic rings. The summed E-state index contributed by atoms with van der Waals surface area (Å²) in [6.45, 7) is 1.86. The number of hydrogen-bond donors (Lipinski definition) is 2. The summed E-state index contributed by atoms with van der Waals surface area (Å²) >= 11 is 0. The number of furan rings is 1. The maximum absolute atomic E-state index is 12.0. The Balaban J connectivity index is 1.79. The Kier molecular flexibility index (Phi) is 5.54. The van der Waals surface area contributed by atoms with Gasteiger partial charge >= 0.3 is 0 Å². The third-order valence-corrected chi connectivity index (χ3v) is 3.26. The smallest absolute Gasteiger partial charge is 0.225 e. The molecule has 0 saturated heterocycles. The van der Waals surface area contributed by atoms with Crippen molar-refractivity contribution in [3.05, 3.63) is 54.0 Å². The number of anilines is 1. The molecule has 0 aliphatic carbocycles. The van der Waals surface area contributed by atoms with Crippen LogP contribution < -0.4 is 11.1 Å². The Morgan fingerprint density at radius 2 is 2.14 bits per heavy atom. The minimum atomic E-state index is -0.00468. The molecule has 0 unspecified atom stereocenters. The van der Waals surface area contributed by atoms with E-state index in [-0.39, 0.29) is 5.91 Å². The maximum Gasteiger partial charge on any atom is 0.225 e. The van der Waals surface area contributed by atoms with Crippen molar-refractivity contribution in [1.82, 2.24) is 4.90 Å². The molecule has 0 aliphatic rings. The molecule has 1 heterocycles. The largest absolute Gasteiger partial charge is 0.472 e. The quantitative estimate of drug-likeness (QED) is 0.819. The van der Waals surface area contributed by atoms with Crippen molar-refractivity contribution in [3.63, 3.8) is 0 Å². The maximum atomic E-state index is 12.0. The molecule has 21 heavy (non-hydrogen) atoms. The van der Waals surface area contributed by atoms with Gasteiger partial charge in [0.1, 0.15) is 0 Å². The van der Waals surface area contributed by atoms with Crippen molar-refractivity contribution < 1.29 is 9.21 Å². The first-order chi connectivity index (χ1) is 10.2. The normalized spacial score (nSPS) is 10.8. The van der Waals surface area contributed by atoms with Gasteiger partial charge in [-0.1, -0.05) is 18.2 Å². The topological polar surface area (TPSA) is 71.5 Å². The molecular formula is C16H21N3O2. The zero-order chi connectivity index (χ0) is 15.1. The van der Waals surface area contributed by atoms with Gasteiger partial charge in [-0.25, -0.2) is 0 Å². The summed E-state index contributed by atoms with van der Waals surface area (Å²) in [5.74, 6) is -0.00468. The Labute approximate surface area is 124 Å². The van der Waals surface area contributed by atoms with Crippen molar-refractivity contribution in [2.75, 3.05) is 18.9 Å². The lowest BCUT2D eigenvalue weighted by Crippen LogP contribution is -2.24. The number of hydrogen-bond acceptors (Lipinski definition) is 4. The second-order valence-corrected chi connectivity index (χ2v) is 5.03. The van der Waals surface area contributed by atoms with Crippen LogP contribution >= 0.6 is 0 Å². The summed E-state index contributed by atoms with van der Waals surface area (Å²) in [6.07, 6.45) is 3.81. The lowest BCUT2D eigenvalue weighted by Gasteiger charge is -2.15. The van der Waals surface area contributed by atoms with Crippen LogP contribution in [-0.2, 0) is 17.9 Å². The third-order valence-electron chi connectivity index (χ3n) is 3.26. The molecule has 0 spiro atoms. The fourth-order valence-corrected chi connectivity index (χ4v) is 2.10. The molecule has 0 aliphatic heterocycles. The number of nitrogens with zero attached hydrogens (tertiary/aromatic N) is 1. The fourth-order valence-electron chi connectivity index (χ4n) is 2.10. The van der Waals surface area contributed by atoms with Gasteiger partial charge < -0.3 is 20.4 Å². The Morgan fingerprint density at radius 3 is 2.86 bits per heavy atom. The van der Waals surface area contributed by atoms with Crippen LogP contribution in [0.4, 0.5) is 5.69 Å². The van der Waals surface area contributed by atoms with Crippen molar-refractivity contribution in [1.29, 1.82) is 0 Å². The van der Waals surface area contributed by atoms with Gasteiger partial charge in [-0.2, -0.15) is 0 Å². The highest BCUT2D eigenvalue weighted by molar-refractivity contribution is 5.91. The van der Waals surface area contributed by atoms with Gasteiger partial charge in [-0.15, -0.1) is 0 Å². The predicted molar refractivity (Wildman–Crippen MR) is 82.6 cm³/mol. The van der Waals surface area contributed by atoms with Crippen LogP contribution in [0.2, 0.25) is 0 Å². The first-order valence-electron chi connectivity index (χ1n) is 6.96. The molecule has 1 aromatic carbocycles. The standard InChI is InChI=1S/C16H21N3O2/c1-19(11-13-7-9-21-12-13)8-6-16(20)18-15-5-3-2-4-14(15)10-17/h2-5,7,9,12H,6,8,10-11,17H2,1H3,(H,18,20). The number of amides is 1. The van der Waals surface area contributed by atoms with E-state index in [1.165, 1.54) is 0 Å². The molecule has 0 fully saturated rings. The van der Waals surface area contributed by atoms with Gasteiger partial charge in [0.15, 0.2) is 0 Å². The highest BCUT2D eigenvalue weighted by Crippen LogP contribution is 2.14. The molecule has 5 heteroatoms. The zero-order valence-corrected chi connectivity index (χ0v) is 12.2. The Bertz CT molecular complexity index is 567. The minimum Gasteiger partial charge on any atom is -0.472 e. The highest BCUT2D eigenvalue weighted by atomic mass is 16.3. The van der Waals surface area contributed by atoms with Crippen LogP contribution in [0.25, 0.3) is 0 Å². The van der Waals surface area contributed by atoms with Gasteiger partial charge in [-0.05, 0) is 24.7 Å². The molecule has 0 bridgehead atoms. The number of benzene rings is 1. The van der Waals surface area contributed by atoms with E-state index in [0.717, 1.165) is 23.4 Å². The zero-order valence-electron chi connectivity index (χ0n) is 12.2. The Morgan fingerprint density at radius 1 is 1.33 bits per heavy atom. The predicted octanol–water partition coefficient (Wildman–Crippen LogP) is 2.20. The van der Waals surface area contributed by atoms with Gasteiger partial charge in [0, 0.05) is 37.3 Å². The molecule has 0 atom stereocenters. The lowest BCUT2D eigenvalue weighted by atomic mass is 10.1. The van der Waals surface area contributed by atoms with Crippen LogP contribution in [0.5, 0.6) is 0 Å². The van der Waals surface area contributed by atoms with E-state index in [2.05, 4.69) is 10.2 Å². The van der Waals surface area contributed by atoms with Gasteiger partial charge in [0.05, 0.1) is 12.5 Å². The van der Waals surface area contributed by atoms with E-state index >= 15 is 0 Å². The fraction of sp³-hybridized carbons (Fsp3) is 0.312. The van der Waals surface area contributed by atoms with Gasteiger partial charge in [-0.3, -0.25) is 4.79 Å². The number of carbonyl (C=O) groups excluding carboxylic acids is 1. The van der Waals surface area contributed by atoms with Gasteiger partial charge in [0.25, 0.3) is 0 Å². The minimum absolute atomic E-state index is 0.00468. The van der Waals surface area contributed by atoms with E-state index in [0.29, 0.717) is 19.5 Å². The average Bonchev–Trinajstić information content (AvgIpc) is 2.98. The number of rotatable bonds is 7. The van der Waals surface area contributed by atoms with Crippen LogP contribution in [0.15, 0.2) is 47.3 Å². The van der Waals surface area contributed by atoms with Crippen molar-refractivity contribution in [2.45, 2.75) is 19.5 Å². The summed E-state index contributed by atoms with van der Waals surface area (Å²) < 4.78 is 5.03. The molecule has 5 nitrogen and oxygen atoms in total. The summed E-state index contributed by atoms with van der Waals surface area (Å²) in [5, 5.41) is 2.91. The number of nitrogens with one attached hydrogen (secondary N) is 1. The second-order valence-electron chi connectivity index (χ2n) is 5.03. The van der Waals surface area contributed by atoms with E-state index < -0.39 is 0 Å². The summed E-state index contributed by atoms with van der Waals surface area (Å²) in [5.41, 5.74) is 8.50.